The molecular formula is C16H26N2O. The van der Waals surface area contributed by atoms with Crippen LogP contribution in [-0.4, -0.2) is 43.8 Å². The van der Waals surface area contributed by atoms with Crippen LogP contribution in [0.15, 0.2) is 24.3 Å². The summed E-state index contributed by atoms with van der Waals surface area (Å²) in [7, 11) is 0. The lowest BCUT2D eigenvalue weighted by Gasteiger charge is -2.31. The lowest BCUT2D eigenvalue weighted by atomic mass is 10.0. The molecule has 0 aliphatic carbocycles. The van der Waals surface area contributed by atoms with E-state index in [-0.39, 0.29) is 0 Å². The van der Waals surface area contributed by atoms with Crippen molar-refractivity contribution in [3.63, 3.8) is 0 Å². The first kappa shape index (κ1) is 14.5. The molecule has 0 amide bonds. The van der Waals surface area contributed by atoms with Gasteiger partial charge >= 0.3 is 0 Å². The first-order valence-electron chi connectivity index (χ1n) is 7.41. The number of morpholine rings is 1. The van der Waals surface area contributed by atoms with Crippen LogP contribution in [0.25, 0.3) is 0 Å². The minimum absolute atomic E-state index is 0.364. The topological polar surface area (TPSA) is 24.5 Å². The van der Waals surface area contributed by atoms with E-state index >= 15 is 0 Å². The smallest absolute Gasteiger partial charge is 0.0674 e. The first-order chi connectivity index (χ1) is 9.29. The largest absolute Gasteiger partial charge is 0.376 e. The highest BCUT2D eigenvalue weighted by Crippen LogP contribution is 2.14. The van der Waals surface area contributed by atoms with Gasteiger partial charge in [-0.3, -0.25) is 4.90 Å². The third-order valence-electron chi connectivity index (χ3n) is 3.66. The van der Waals surface area contributed by atoms with E-state index in [0.717, 1.165) is 45.8 Å². The van der Waals surface area contributed by atoms with Gasteiger partial charge in [0, 0.05) is 19.6 Å². The van der Waals surface area contributed by atoms with E-state index in [4.69, 9.17) is 4.74 Å². The molecule has 0 radical (unpaired) electrons. The van der Waals surface area contributed by atoms with Crippen LogP contribution in [0.1, 0.15) is 25.0 Å². The van der Waals surface area contributed by atoms with Crippen molar-refractivity contribution in [2.45, 2.75) is 32.9 Å². The molecule has 0 bridgehead atoms. The quantitative estimate of drug-likeness (QED) is 0.794. The molecule has 0 aromatic heterocycles. The Morgan fingerprint density at radius 2 is 2.11 bits per heavy atom. The Bertz CT molecular complexity index is 381. The number of nitrogens with one attached hydrogen (secondary N) is 1. The van der Waals surface area contributed by atoms with Gasteiger partial charge in [-0.25, -0.2) is 0 Å². The lowest BCUT2D eigenvalue weighted by Crippen LogP contribution is -2.40. The van der Waals surface area contributed by atoms with Gasteiger partial charge in [-0.2, -0.15) is 0 Å². The molecule has 1 aromatic carbocycles. The van der Waals surface area contributed by atoms with Crippen molar-refractivity contribution in [2.75, 3.05) is 32.8 Å². The van der Waals surface area contributed by atoms with Crippen LogP contribution in [0.4, 0.5) is 0 Å². The van der Waals surface area contributed by atoms with Crippen LogP contribution in [0.5, 0.6) is 0 Å². The minimum Gasteiger partial charge on any atom is -0.376 e. The molecule has 3 nitrogen and oxygen atoms in total. The molecule has 1 aromatic rings. The summed E-state index contributed by atoms with van der Waals surface area (Å²) in [5.74, 6) is 0. The maximum absolute atomic E-state index is 5.60. The lowest BCUT2D eigenvalue weighted by molar-refractivity contribution is -0.0212. The third kappa shape index (κ3) is 4.60. The van der Waals surface area contributed by atoms with Crippen LogP contribution in [0.2, 0.25) is 0 Å². The number of likely N-dealkylation sites (N-methyl/N-ethyl adjacent to an activating group) is 1. The zero-order valence-electron chi connectivity index (χ0n) is 12.2. The molecule has 1 N–H and O–H groups in total. The standard InChI is InChI=1S/C16H26N2O/c1-3-17-9-8-15-6-4-5-7-16(15)13-18-10-11-19-14(2)12-18/h4-7,14,17H,3,8-13H2,1-2H3. The Hall–Kier alpha value is -0.900. The van der Waals surface area contributed by atoms with Gasteiger partial charge in [0.25, 0.3) is 0 Å². The maximum Gasteiger partial charge on any atom is 0.0674 e. The van der Waals surface area contributed by atoms with E-state index in [1.807, 2.05) is 0 Å². The molecule has 3 heteroatoms. The maximum atomic E-state index is 5.60. The molecule has 1 atom stereocenters. The van der Waals surface area contributed by atoms with Gasteiger partial charge in [-0.15, -0.1) is 0 Å². The van der Waals surface area contributed by atoms with Crippen LogP contribution in [-0.2, 0) is 17.7 Å². The van der Waals surface area contributed by atoms with Crippen molar-refractivity contribution in [3.05, 3.63) is 35.4 Å². The zero-order valence-corrected chi connectivity index (χ0v) is 12.2. The molecule has 1 aliphatic heterocycles. The second-order valence-electron chi connectivity index (χ2n) is 5.29. The molecule has 0 spiro atoms. The Balaban J connectivity index is 1.94. The highest BCUT2D eigenvalue weighted by Gasteiger charge is 2.17. The molecule has 1 saturated heterocycles. The van der Waals surface area contributed by atoms with Crippen molar-refractivity contribution >= 4 is 0 Å². The molecule has 19 heavy (non-hydrogen) atoms. The summed E-state index contributed by atoms with van der Waals surface area (Å²) in [6.07, 6.45) is 1.48. The Morgan fingerprint density at radius 1 is 1.32 bits per heavy atom. The van der Waals surface area contributed by atoms with E-state index in [1.54, 1.807) is 0 Å². The van der Waals surface area contributed by atoms with Gasteiger partial charge in [0.1, 0.15) is 0 Å². The zero-order chi connectivity index (χ0) is 13.5. The second-order valence-corrected chi connectivity index (χ2v) is 5.29. The van der Waals surface area contributed by atoms with Crippen molar-refractivity contribution < 1.29 is 4.74 Å². The molecule has 1 aliphatic rings. The Kier molecular flexibility index (Phi) is 5.83. The van der Waals surface area contributed by atoms with Gasteiger partial charge in [0.15, 0.2) is 0 Å². The summed E-state index contributed by atoms with van der Waals surface area (Å²) in [5.41, 5.74) is 2.94. The van der Waals surface area contributed by atoms with E-state index in [0.29, 0.717) is 6.10 Å². The average molecular weight is 262 g/mol. The van der Waals surface area contributed by atoms with Crippen molar-refractivity contribution in [2.24, 2.45) is 0 Å². The summed E-state index contributed by atoms with van der Waals surface area (Å²) in [6.45, 7) is 10.4. The molecular weight excluding hydrogens is 236 g/mol. The number of benzene rings is 1. The SMILES string of the molecule is CCNCCc1ccccc1CN1CCOC(C)C1. The monoisotopic (exact) mass is 262 g/mol. The predicted octanol–water partition coefficient (Wildman–Crippen LogP) is 2.06. The molecule has 2 rings (SSSR count). The summed E-state index contributed by atoms with van der Waals surface area (Å²) in [4.78, 5) is 2.50. The van der Waals surface area contributed by atoms with Gasteiger partial charge in [0.2, 0.25) is 0 Å². The number of ether oxygens (including phenoxy) is 1. The fourth-order valence-corrected chi connectivity index (χ4v) is 2.63. The van der Waals surface area contributed by atoms with Crippen molar-refractivity contribution in [1.82, 2.24) is 10.2 Å². The predicted molar refractivity (Wildman–Crippen MR) is 79.4 cm³/mol. The highest BCUT2D eigenvalue weighted by molar-refractivity contribution is 5.27. The van der Waals surface area contributed by atoms with Gasteiger partial charge < -0.3 is 10.1 Å². The molecule has 1 unspecified atom stereocenters. The summed E-state index contributed by atoms with van der Waals surface area (Å²) in [5, 5.41) is 3.40. The number of hydrogen-bond donors (Lipinski definition) is 1. The van der Waals surface area contributed by atoms with Crippen molar-refractivity contribution in [3.8, 4) is 0 Å². The van der Waals surface area contributed by atoms with E-state index in [1.165, 1.54) is 11.1 Å². The Morgan fingerprint density at radius 3 is 2.84 bits per heavy atom. The van der Waals surface area contributed by atoms with Crippen LogP contribution in [0.3, 0.4) is 0 Å². The molecule has 0 saturated carbocycles. The number of rotatable bonds is 6. The Labute approximate surface area is 116 Å². The van der Waals surface area contributed by atoms with Crippen LogP contribution >= 0.6 is 0 Å². The fraction of sp³-hybridized carbons (Fsp3) is 0.625. The first-order valence-corrected chi connectivity index (χ1v) is 7.41. The minimum atomic E-state index is 0.364. The summed E-state index contributed by atoms with van der Waals surface area (Å²) >= 11 is 0. The van der Waals surface area contributed by atoms with E-state index in [9.17, 15) is 0 Å². The average Bonchev–Trinajstić information content (AvgIpc) is 2.41. The summed E-state index contributed by atoms with van der Waals surface area (Å²) in [6, 6.07) is 8.82. The highest BCUT2D eigenvalue weighted by atomic mass is 16.5. The van der Waals surface area contributed by atoms with Gasteiger partial charge in [-0.1, -0.05) is 31.2 Å². The van der Waals surface area contributed by atoms with Crippen LogP contribution < -0.4 is 5.32 Å². The van der Waals surface area contributed by atoms with Crippen molar-refractivity contribution in [1.29, 1.82) is 0 Å². The summed E-state index contributed by atoms with van der Waals surface area (Å²) < 4.78 is 5.60. The third-order valence-corrected chi connectivity index (χ3v) is 3.66. The fourth-order valence-electron chi connectivity index (χ4n) is 2.63. The number of hydrogen-bond acceptors (Lipinski definition) is 3. The molecule has 106 valence electrons. The van der Waals surface area contributed by atoms with Gasteiger partial charge in [-0.05, 0) is 37.6 Å². The number of nitrogens with zero attached hydrogens (tertiary/aromatic N) is 1. The normalized spacial score (nSPS) is 20.6. The van der Waals surface area contributed by atoms with Gasteiger partial charge in [0.05, 0.1) is 12.7 Å². The van der Waals surface area contributed by atoms with Crippen LogP contribution in [0, 0.1) is 0 Å². The molecule has 1 heterocycles. The van der Waals surface area contributed by atoms with E-state index in [2.05, 4.69) is 48.3 Å². The molecule has 1 fully saturated rings. The second kappa shape index (κ2) is 7.63. The van der Waals surface area contributed by atoms with E-state index < -0.39 is 0 Å².